The number of aromatic nitrogens is 2. The van der Waals surface area contributed by atoms with Gasteiger partial charge in [0.1, 0.15) is 0 Å². The highest BCUT2D eigenvalue weighted by Crippen LogP contribution is 2.34. The molecule has 2 aromatic carbocycles. The summed E-state index contributed by atoms with van der Waals surface area (Å²) < 4.78 is 0. The standard InChI is InChI=1S/C23H22ClN5/c1-14-7-6-10-17(20(14)24)22(26-2)19-18(25)12-11-15-13-27-23(29-21(15)19)28-16-8-4-3-5-9-16/h3-10,13,19,25H,11-12H2,1-2H3,(H,27,28,29). The van der Waals surface area contributed by atoms with Gasteiger partial charge in [0, 0.05) is 30.2 Å². The molecule has 0 bridgehead atoms. The van der Waals surface area contributed by atoms with Gasteiger partial charge in [-0.3, -0.25) is 4.99 Å². The summed E-state index contributed by atoms with van der Waals surface area (Å²) in [4.78, 5) is 13.8. The van der Waals surface area contributed by atoms with Crippen molar-refractivity contribution in [3.05, 3.63) is 82.1 Å². The Morgan fingerprint density at radius 3 is 2.69 bits per heavy atom. The zero-order valence-corrected chi connectivity index (χ0v) is 17.2. The van der Waals surface area contributed by atoms with E-state index in [4.69, 9.17) is 22.0 Å². The van der Waals surface area contributed by atoms with Gasteiger partial charge >= 0.3 is 0 Å². The Morgan fingerprint density at radius 1 is 1.14 bits per heavy atom. The minimum Gasteiger partial charge on any atom is -0.324 e. The van der Waals surface area contributed by atoms with E-state index in [-0.39, 0.29) is 5.92 Å². The fourth-order valence-electron chi connectivity index (χ4n) is 3.70. The van der Waals surface area contributed by atoms with Crippen molar-refractivity contribution in [3.63, 3.8) is 0 Å². The maximum Gasteiger partial charge on any atom is 0.227 e. The molecule has 0 saturated carbocycles. The molecule has 3 aromatic rings. The molecule has 1 unspecified atom stereocenters. The number of anilines is 2. The molecular weight excluding hydrogens is 382 g/mol. The lowest BCUT2D eigenvalue weighted by atomic mass is 9.80. The number of rotatable bonds is 4. The van der Waals surface area contributed by atoms with Crippen LogP contribution in [0.5, 0.6) is 0 Å². The number of nitrogens with one attached hydrogen (secondary N) is 2. The molecule has 0 fully saturated rings. The summed E-state index contributed by atoms with van der Waals surface area (Å²) in [5, 5.41) is 12.6. The monoisotopic (exact) mass is 403 g/mol. The smallest absolute Gasteiger partial charge is 0.227 e. The molecule has 4 rings (SSSR count). The molecular formula is C23H22ClN5. The normalized spacial score (nSPS) is 16.4. The first-order valence-corrected chi connectivity index (χ1v) is 9.93. The quantitative estimate of drug-likeness (QED) is 0.576. The summed E-state index contributed by atoms with van der Waals surface area (Å²) in [5.41, 5.74) is 6.01. The van der Waals surface area contributed by atoms with Gasteiger partial charge in [-0.2, -0.15) is 0 Å². The third-order valence-corrected chi connectivity index (χ3v) is 5.70. The van der Waals surface area contributed by atoms with Crippen molar-refractivity contribution < 1.29 is 0 Å². The zero-order valence-electron chi connectivity index (χ0n) is 16.4. The van der Waals surface area contributed by atoms with Crippen LogP contribution in [0.15, 0.2) is 59.7 Å². The van der Waals surface area contributed by atoms with Gasteiger partial charge in [0.15, 0.2) is 0 Å². The molecule has 146 valence electrons. The molecule has 1 atom stereocenters. The maximum atomic E-state index is 8.67. The van der Waals surface area contributed by atoms with Crippen LogP contribution in [-0.4, -0.2) is 28.4 Å². The Labute approximate surface area is 175 Å². The van der Waals surface area contributed by atoms with E-state index in [0.717, 1.165) is 40.2 Å². The van der Waals surface area contributed by atoms with Crippen molar-refractivity contribution in [1.29, 1.82) is 5.41 Å². The molecule has 0 aliphatic heterocycles. The number of hydrogen-bond donors (Lipinski definition) is 2. The van der Waals surface area contributed by atoms with Gasteiger partial charge in [-0.05, 0) is 43.0 Å². The van der Waals surface area contributed by atoms with Crippen molar-refractivity contribution in [2.45, 2.75) is 25.7 Å². The molecule has 1 aliphatic rings. The van der Waals surface area contributed by atoms with Crippen LogP contribution in [-0.2, 0) is 6.42 Å². The number of aryl methyl sites for hydroxylation is 2. The van der Waals surface area contributed by atoms with Crippen molar-refractivity contribution in [2.24, 2.45) is 4.99 Å². The molecule has 6 heteroatoms. The van der Waals surface area contributed by atoms with Crippen LogP contribution in [0.1, 0.15) is 34.7 Å². The molecule has 5 nitrogen and oxygen atoms in total. The second-order valence-electron chi connectivity index (χ2n) is 7.10. The highest BCUT2D eigenvalue weighted by Gasteiger charge is 2.32. The number of halogens is 1. The van der Waals surface area contributed by atoms with E-state index in [1.54, 1.807) is 7.05 Å². The number of benzene rings is 2. The summed E-state index contributed by atoms with van der Waals surface area (Å²) in [6, 6.07) is 15.7. The van der Waals surface area contributed by atoms with Gasteiger partial charge in [0.2, 0.25) is 5.95 Å². The second kappa shape index (κ2) is 8.13. The van der Waals surface area contributed by atoms with Crippen molar-refractivity contribution in [3.8, 4) is 0 Å². The summed E-state index contributed by atoms with van der Waals surface area (Å²) in [7, 11) is 1.75. The lowest BCUT2D eigenvalue weighted by Gasteiger charge is -2.27. The summed E-state index contributed by atoms with van der Waals surface area (Å²) in [6.07, 6.45) is 3.28. The van der Waals surface area contributed by atoms with E-state index in [0.29, 0.717) is 23.1 Å². The highest BCUT2D eigenvalue weighted by molar-refractivity contribution is 6.36. The van der Waals surface area contributed by atoms with Gasteiger partial charge < -0.3 is 10.7 Å². The Hall–Kier alpha value is -3.05. The summed E-state index contributed by atoms with van der Waals surface area (Å²) >= 11 is 6.60. The SMILES string of the molecule is CN=C(c1cccc(C)c1Cl)C1C(=N)CCc2cnc(Nc3ccccc3)nc21. The largest absolute Gasteiger partial charge is 0.324 e. The Morgan fingerprint density at radius 2 is 1.93 bits per heavy atom. The Balaban J connectivity index is 1.78. The van der Waals surface area contributed by atoms with Gasteiger partial charge in [-0.25, -0.2) is 9.97 Å². The molecule has 0 amide bonds. The second-order valence-corrected chi connectivity index (χ2v) is 7.48. The predicted octanol–water partition coefficient (Wildman–Crippen LogP) is 5.35. The fraction of sp³-hybridized carbons (Fsp3) is 0.217. The molecule has 1 aliphatic carbocycles. The van der Waals surface area contributed by atoms with E-state index in [2.05, 4.69) is 15.3 Å². The van der Waals surface area contributed by atoms with E-state index < -0.39 is 0 Å². The number of aliphatic imine (C=N–C) groups is 1. The minimum absolute atomic E-state index is 0.331. The van der Waals surface area contributed by atoms with Crippen LogP contribution in [0.25, 0.3) is 0 Å². The molecule has 2 N–H and O–H groups in total. The lowest BCUT2D eigenvalue weighted by Crippen LogP contribution is -2.29. The topological polar surface area (TPSA) is 74.0 Å². The molecule has 0 radical (unpaired) electrons. The average Bonchev–Trinajstić information content (AvgIpc) is 2.73. The molecule has 0 spiro atoms. The first-order chi connectivity index (χ1) is 14.1. The Kier molecular flexibility index (Phi) is 5.41. The van der Waals surface area contributed by atoms with Crippen LogP contribution in [0, 0.1) is 12.3 Å². The van der Waals surface area contributed by atoms with Gasteiger partial charge in [0.25, 0.3) is 0 Å². The Bertz CT molecular complexity index is 1090. The molecule has 1 heterocycles. The van der Waals surface area contributed by atoms with Crippen LogP contribution >= 0.6 is 11.6 Å². The predicted molar refractivity (Wildman–Crippen MR) is 119 cm³/mol. The third kappa shape index (κ3) is 3.78. The third-order valence-electron chi connectivity index (χ3n) is 5.20. The molecule has 0 saturated heterocycles. The highest BCUT2D eigenvalue weighted by atomic mass is 35.5. The van der Waals surface area contributed by atoms with Crippen molar-refractivity contribution in [1.82, 2.24) is 9.97 Å². The zero-order chi connectivity index (χ0) is 20.4. The minimum atomic E-state index is -0.331. The van der Waals surface area contributed by atoms with Crippen LogP contribution in [0.2, 0.25) is 5.02 Å². The maximum absolute atomic E-state index is 8.67. The first kappa shape index (κ1) is 19.3. The number of hydrogen-bond acceptors (Lipinski definition) is 5. The lowest BCUT2D eigenvalue weighted by molar-refractivity contribution is 0.853. The summed E-state index contributed by atoms with van der Waals surface area (Å²) in [6.45, 7) is 1.98. The number of nitrogens with zero attached hydrogens (tertiary/aromatic N) is 3. The molecule has 1 aromatic heterocycles. The van der Waals surface area contributed by atoms with Crippen molar-refractivity contribution in [2.75, 3.05) is 12.4 Å². The van der Waals surface area contributed by atoms with Gasteiger partial charge in [0.05, 0.1) is 22.3 Å². The molecule has 29 heavy (non-hydrogen) atoms. The van der Waals surface area contributed by atoms with E-state index in [1.807, 2.05) is 61.7 Å². The van der Waals surface area contributed by atoms with E-state index in [9.17, 15) is 0 Å². The van der Waals surface area contributed by atoms with Crippen LogP contribution in [0.3, 0.4) is 0 Å². The number of fused-ring (bicyclic) bond motifs is 1. The van der Waals surface area contributed by atoms with E-state index >= 15 is 0 Å². The van der Waals surface area contributed by atoms with Gasteiger partial charge in [-0.1, -0.05) is 48.0 Å². The number of para-hydroxylation sites is 1. The van der Waals surface area contributed by atoms with Gasteiger partial charge in [-0.15, -0.1) is 0 Å². The average molecular weight is 404 g/mol. The fourth-order valence-corrected chi connectivity index (χ4v) is 3.92. The van der Waals surface area contributed by atoms with E-state index in [1.165, 1.54) is 0 Å². The first-order valence-electron chi connectivity index (χ1n) is 9.56. The summed E-state index contributed by atoms with van der Waals surface area (Å²) in [5.74, 6) is 0.183. The van der Waals surface area contributed by atoms with Crippen LogP contribution in [0.4, 0.5) is 11.6 Å². The van der Waals surface area contributed by atoms with Crippen molar-refractivity contribution >= 4 is 34.7 Å². The van der Waals surface area contributed by atoms with Crippen LogP contribution < -0.4 is 5.32 Å².